The number of halogens is 3. The molecule has 0 spiro atoms. The number of nitrogens with zero attached hydrogens (tertiary/aromatic N) is 1. The molecule has 3 amide bonds. The number of carbonyl (C=O) groups is 2. The number of imide groups is 1. The molecule has 3 rings (SSSR count). The molecule has 0 bridgehead atoms. The summed E-state index contributed by atoms with van der Waals surface area (Å²) < 4.78 is 0.930. The molecule has 2 aromatic rings. The average Bonchev–Trinajstić information content (AvgIpc) is 2.79. The third kappa shape index (κ3) is 3.19. The van der Waals surface area contributed by atoms with E-state index in [4.69, 9.17) is 11.6 Å². The van der Waals surface area contributed by atoms with Gasteiger partial charge in [-0.3, -0.25) is 4.79 Å². The summed E-state index contributed by atoms with van der Waals surface area (Å²) in [5.41, 5.74) is 1.15. The number of nitrogens with one attached hydrogen (secondary N) is 1. The average molecular weight is 473 g/mol. The number of phenols is 1. The SMILES string of the molecule is O=C1N/C(=C/c2cc(Br)c(O)c(Br)c2)C(=O)N1c1cccc(Cl)c1. The lowest BCUT2D eigenvalue weighted by Gasteiger charge is -2.11. The maximum atomic E-state index is 12.5. The molecule has 24 heavy (non-hydrogen) atoms. The molecule has 0 radical (unpaired) electrons. The maximum Gasteiger partial charge on any atom is 0.333 e. The van der Waals surface area contributed by atoms with Gasteiger partial charge in [-0.1, -0.05) is 17.7 Å². The standard InChI is InChI=1S/C16H9Br2ClN2O3/c17-11-4-8(5-12(18)14(11)22)6-13-15(23)21(16(24)20-13)10-3-1-2-9(19)7-10/h1-7,22H,(H,20,24)/b13-6+. The molecule has 2 N–H and O–H groups in total. The molecule has 8 heteroatoms. The zero-order valence-electron chi connectivity index (χ0n) is 11.9. The third-order valence-electron chi connectivity index (χ3n) is 3.29. The van der Waals surface area contributed by atoms with E-state index in [-0.39, 0.29) is 11.4 Å². The number of phenolic OH excluding ortho intramolecular Hbond substituents is 1. The van der Waals surface area contributed by atoms with E-state index < -0.39 is 11.9 Å². The van der Waals surface area contributed by atoms with Crippen LogP contribution in [0.1, 0.15) is 5.56 Å². The molecular weight excluding hydrogens is 463 g/mol. The highest BCUT2D eigenvalue weighted by Crippen LogP contribution is 2.34. The van der Waals surface area contributed by atoms with Crippen molar-refractivity contribution in [3.63, 3.8) is 0 Å². The fourth-order valence-corrected chi connectivity index (χ4v) is 3.63. The first-order chi connectivity index (χ1) is 11.4. The van der Waals surface area contributed by atoms with Gasteiger partial charge in [0.1, 0.15) is 11.4 Å². The van der Waals surface area contributed by atoms with E-state index in [1.165, 1.54) is 12.1 Å². The van der Waals surface area contributed by atoms with Gasteiger partial charge < -0.3 is 10.4 Å². The Morgan fingerprint density at radius 1 is 1.12 bits per heavy atom. The molecule has 0 aromatic heterocycles. The molecule has 5 nitrogen and oxygen atoms in total. The minimum Gasteiger partial charge on any atom is -0.506 e. The number of carbonyl (C=O) groups excluding carboxylic acids is 2. The molecule has 1 heterocycles. The van der Waals surface area contributed by atoms with E-state index in [2.05, 4.69) is 37.2 Å². The van der Waals surface area contributed by atoms with E-state index in [0.717, 1.165) is 4.90 Å². The second kappa shape index (κ2) is 6.58. The van der Waals surface area contributed by atoms with Crippen LogP contribution in [-0.2, 0) is 4.79 Å². The molecule has 0 unspecified atom stereocenters. The van der Waals surface area contributed by atoms with Crippen LogP contribution in [0.2, 0.25) is 5.02 Å². The molecular formula is C16H9Br2ClN2O3. The van der Waals surface area contributed by atoms with Crippen molar-refractivity contribution in [1.82, 2.24) is 5.32 Å². The maximum absolute atomic E-state index is 12.5. The first kappa shape index (κ1) is 17.0. The molecule has 1 saturated heterocycles. The largest absolute Gasteiger partial charge is 0.506 e. The number of urea groups is 1. The van der Waals surface area contributed by atoms with Gasteiger partial charge in [0, 0.05) is 5.02 Å². The summed E-state index contributed by atoms with van der Waals surface area (Å²) in [7, 11) is 0. The van der Waals surface area contributed by atoms with Gasteiger partial charge in [0.05, 0.1) is 14.6 Å². The normalized spacial score (nSPS) is 16.0. The van der Waals surface area contributed by atoms with Crippen LogP contribution >= 0.6 is 43.5 Å². The van der Waals surface area contributed by atoms with Gasteiger partial charge in [0.2, 0.25) is 0 Å². The quantitative estimate of drug-likeness (QED) is 0.493. The number of hydrogen-bond donors (Lipinski definition) is 2. The second-order valence-electron chi connectivity index (χ2n) is 4.94. The number of benzene rings is 2. The predicted octanol–water partition coefficient (Wildman–Crippen LogP) is 4.67. The highest BCUT2D eigenvalue weighted by Gasteiger charge is 2.34. The van der Waals surface area contributed by atoms with E-state index >= 15 is 0 Å². The zero-order valence-corrected chi connectivity index (χ0v) is 15.8. The van der Waals surface area contributed by atoms with Gasteiger partial charge >= 0.3 is 6.03 Å². The minimum absolute atomic E-state index is 0.0551. The first-order valence-electron chi connectivity index (χ1n) is 6.67. The van der Waals surface area contributed by atoms with Crippen LogP contribution in [0.15, 0.2) is 51.0 Å². The fourth-order valence-electron chi connectivity index (χ4n) is 2.22. The lowest BCUT2D eigenvalue weighted by molar-refractivity contribution is -0.113. The van der Waals surface area contributed by atoms with Crippen molar-refractivity contribution in [1.29, 1.82) is 0 Å². The summed E-state index contributed by atoms with van der Waals surface area (Å²) in [4.78, 5) is 25.7. The lowest BCUT2D eigenvalue weighted by Crippen LogP contribution is -2.30. The van der Waals surface area contributed by atoms with Crippen LogP contribution in [-0.4, -0.2) is 17.0 Å². The van der Waals surface area contributed by atoms with Crippen molar-refractivity contribution < 1.29 is 14.7 Å². The van der Waals surface area contributed by atoms with Gasteiger partial charge in [-0.2, -0.15) is 0 Å². The molecule has 0 atom stereocenters. The Balaban J connectivity index is 1.97. The second-order valence-corrected chi connectivity index (χ2v) is 7.09. The van der Waals surface area contributed by atoms with Crippen LogP contribution in [0.25, 0.3) is 6.08 Å². The molecule has 1 fully saturated rings. The first-order valence-corrected chi connectivity index (χ1v) is 8.64. The number of aromatic hydroxyl groups is 1. The number of amides is 3. The minimum atomic E-state index is -0.551. The van der Waals surface area contributed by atoms with Crippen molar-refractivity contribution in [3.8, 4) is 5.75 Å². The monoisotopic (exact) mass is 470 g/mol. The van der Waals surface area contributed by atoms with Crippen molar-refractivity contribution in [2.75, 3.05) is 4.90 Å². The van der Waals surface area contributed by atoms with E-state index in [0.29, 0.717) is 25.2 Å². The van der Waals surface area contributed by atoms with Crippen LogP contribution in [0.4, 0.5) is 10.5 Å². The number of hydrogen-bond acceptors (Lipinski definition) is 3. The summed E-state index contributed by atoms with van der Waals surface area (Å²) in [6, 6.07) is 9.20. The van der Waals surface area contributed by atoms with Gasteiger partial charge in [-0.25, -0.2) is 9.69 Å². The van der Waals surface area contributed by atoms with E-state index in [9.17, 15) is 14.7 Å². The topological polar surface area (TPSA) is 69.6 Å². The summed E-state index contributed by atoms with van der Waals surface area (Å²) in [6.45, 7) is 0. The van der Waals surface area contributed by atoms with E-state index in [1.54, 1.807) is 30.3 Å². The lowest BCUT2D eigenvalue weighted by atomic mass is 10.2. The summed E-state index contributed by atoms with van der Waals surface area (Å²) >= 11 is 12.4. The molecule has 0 saturated carbocycles. The van der Waals surface area contributed by atoms with Gasteiger partial charge in [0.15, 0.2) is 0 Å². The highest BCUT2D eigenvalue weighted by molar-refractivity contribution is 9.11. The van der Waals surface area contributed by atoms with E-state index in [1.807, 2.05) is 0 Å². The van der Waals surface area contributed by atoms with Crippen molar-refractivity contribution in [2.45, 2.75) is 0 Å². The summed E-state index contributed by atoms with van der Waals surface area (Å²) in [5.74, 6) is -0.429. The van der Waals surface area contributed by atoms with Crippen LogP contribution in [0, 0.1) is 0 Å². The third-order valence-corrected chi connectivity index (χ3v) is 4.74. The molecule has 1 aliphatic rings. The molecule has 122 valence electrons. The Morgan fingerprint density at radius 3 is 2.42 bits per heavy atom. The van der Waals surface area contributed by atoms with Crippen molar-refractivity contribution in [2.24, 2.45) is 0 Å². The van der Waals surface area contributed by atoms with Gasteiger partial charge in [0.25, 0.3) is 5.91 Å². The van der Waals surface area contributed by atoms with Crippen LogP contribution in [0.3, 0.4) is 0 Å². The Hall–Kier alpha value is -1.83. The summed E-state index contributed by atoms with van der Waals surface area (Å²) in [6.07, 6.45) is 1.53. The zero-order chi connectivity index (χ0) is 17.4. The Morgan fingerprint density at radius 2 is 1.79 bits per heavy atom. The molecule has 0 aliphatic carbocycles. The van der Waals surface area contributed by atoms with Gasteiger partial charge in [-0.15, -0.1) is 0 Å². The number of rotatable bonds is 2. The summed E-state index contributed by atoms with van der Waals surface area (Å²) in [5, 5.41) is 12.7. The van der Waals surface area contributed by atoms with Crippen LogP contribution in [0.5, 0.6) is 5.75 Å². The molecule has 1 aliphatic heterocycles. The smallest absolute Gasteiger partial charge is 0.333 e. The predicted molar refractivity (Wildman–Crippen MR) is 99.0 cm³/mol. The molecule has 2 aromatic carbocycles. The van der Waals surface area contributed by atoms with Gasteiger partial charge in [-0.05, 0) is 73.8 Å². The Labute approximate surface area is 159 Å². The highest BCUT2D eigenvalue weighted by atomic mass is 79.9. The van der Waals surface area contributed by atoms with Crippen molar-refractivity contribution >= 4 is 67.2 Å². The Kier molecular flexibility index (Phi) is 4.67. The van der Waals surface area contributed by atoms with Crippen molar-refractivity contribution in [3.05, 3.63) is 61.6 Å². The fraction of sp³-hybridized carbons (Fsp3) is 0. The van der Waals surface area contributed by atoms with Crippen LogP contribution < -0.4 is 10.2 Å². The Bertz CT molecular complexity index is 876. The number of anilines is 1.